The summed E-state index contributed by atoms with van der Waals surface area (Å²) < 4.78 is 0. The van der Waals surface area contributed by atoms with Crippen LogP contribution in [-0.4, -0.2) is 0 Å². The van der Waals surface area contributed by atoms with Gasteiger partial charge in [-0.3, -0.25) is 0 Å². The minimum absolute atomic E-state index is 0.531. The van der Waals surface area contributed by atoms with Crippen LogP contribution in [0.25, 0.3) is 0 Å². The van der Waals surface area contributed by atoms with Crippen molar-refractivity contribution >= 4 is 15.9 Å². The van der Waals surface area contributed by atoms with E-state index in [1.807, 2.05) is 0 Å². The van der Waals surface area contributed by atoms with E-state index in [9.17, 15) is 0 Å². The lowest BCUT2D eigenvalue weighted by Gasteiger charge is -2.12. The first-order valence-electron chi connectivity index (χ1n) is 6.36. The third-order valence-corrected chi connectivity index (χ3v) is 4.19. The second-order valence-electron chi connectivity index (χ2n) is 4.66. The Morgan fingerprint density at radius 1 is 1.06 bits per heavy atom. The molecular weight excluding hydrogens is 260 g/mol. The summed E-state index contributed by atoms with van der Waals surface area (Å²) in [5.74, 6) is 0. The van der Waals surface area contributed by atoms with Crippen LogP contribution in [0, 0.1) is 13.8 Å². The molecule has 0 spiro atoms. The van der Waals surface area contributed by atoms with Crippen LogP contribution in [0.3, 0.4) is 0 Å². The Balaban J connectivity index is 2.46. The highest BCUT2D eigenvalue weighted by Crippen LogP contribution is 2.29. The zero-order valence-electron chi connectivity index (χ0n) is 10.7. The smallest absolute Gasteiger partial charge is 0.0395 e. The Labute approximate surface area is 109 Å². The molecule has 0 saturated carbocycles. The van der Waals surface area contributed by atoms with Crippen LogP contribution in [0.5, 0.6) is 0 Å². The first-order chi connectivity index (χ1) is 7.65. The molecule has 16 heavy (non-hydrogen) atoms. The Kier molecular flexibility index (Phi) is 6.12. The van der Waals surface area contributed by atoms with Gasteiger partial charge in [-0.1, -0.05) is 66.7 Å². The molecule has 1 heteroatoms. The van der Waals surface area contributed by atoms with Gasteiger partial charge >= 0.3 is 0 Å². The van der Waals surface area contributed by atoms with E-state index in [1.54, 1.807) is 0 Å². The van der Waals surface area contributed by atoms with Crippen LogP contribution >= 0.6 is 15.9 Å². The van der Waals surface area contributed by atoms with Gasteiger partial charge in [-0.15, -0.1) is 0 Å². The van der Waals surface area contributed by atoms with Gasteiger partial charge in [0, 0.05) is 4.83 Å². The maximum Gasteiger partial charge on any atom is 0.0395 e. The molecular formula is C15H23Br. The van der Waals surface area contributed by atoms with Crippen LogP contribution < -0.4 is 0 Å². The van der Waals surface area contributed by atoms with Crippen LogP contribution in [0.15, 0.2) is 18.2 Å². The number of aryl methyl sites for hydroxylation is 2. The first kappa shape index (κ1) is 13.8. The maximum atomic E-state index is 3.80. The minimum atomic E-state index is 0.531. The summed E-state index contributed by atoms with van der Waals surface area (Å²) in [5.41, 5.74) is 4.21. The summed E-state index contributed by atoms with van der Waals surface area (Å²) in [6.45, 7) is 6.62. The fourth-order valence-electron chi connectivity index (χ4n) is 1.88. The highest BCUT2D eigenvalue weighted by Gasteiger charge is 2.07. The topological polar surface area (TPSA) is 0 Å². The molecule has 0 fully saturated rings. The molecule has 0 amide bonds. The fourth-order valence-corrected chi connectivity index (χ4v) is 2.48. The number of unbranched alkanes of at least 4 members (excludes halogenated alkanes) is 3. The Bertz CT molecular complexity index is 317. The van der Waals surface area contributed by atoms with Gasteiger partial charge in [-0.05, 0) is 37.0 Å². The van der Waals surface area contributed by atoms with E-state index in [0.717, 1.165) is 0 Å². The van der Waals surface area contributed by atoms with E-state index < -0.39 is 0 Å². The molecule has 0 nitrogen and oxygen atoms in total. The third-order valence-electron chi connectivity index (χ3n) is 3.20. The lowest BCUT2D eigenvalue weighted by atomic mass is 10.0. The molecule has 1 atom stereocenters. The molecule has 1 unspecified atom stereocenters. The van der Waals surface area contributed by atoms with Gasteiger partial charge < -0.3 is 0 Å². The molecule has 0 heterocycles. The molecule has 1 rings (SSSR count). The van der Waals surface area contributed by atoms with Crippen molar-refractivity contribution in [3.05, 3.63) is 34.9 Å². The predicted octanol–water partition coefficient (Wildman–Crippen LogP) is 5.71. The molecule has 90 valence electrons. The number of alkyl halides is 1. The number of hydrogen-bond acceptors (Lipinski definition) is 0. The number of hydrogen-bond donors (Lipinski definition) is 0. The monoisotopic (exact) mass is 282 g/mol. The van der Waals surface area contributed by atoms with Crippen molar-refractivity contribution in [1.82, 2.24) is 0 Å². The predicted molar refractivity (Wildman–Crippen MR) is 76.3 cm³/mol. The Hall–Kier alpha value is -0.300. The fraction of sp³-hybridized carbons (Fsp3) is 0.600. The van der Waals surface area contributed by atoms with E-state index in [0.29, 0.717) is 4.83 Å². The SMILES string of the molecule is CCCCCCC(Br)c1ccc(C)c(C)c1. The van der Waals surface area contributed by atoms with Crippen molar-refractivity contribution in [2.75, 3.05) is 0 Å². The standard InChI is InChI=1S/C15H23Br/c1-4-5-6-7-8-15(16)14-10-9-12(2)13(3)11-14/h9-11,15H,4-8H2,1-3H3. The first-order valence-corrected chi connectivity index (χ1v) is 7.28. The summed E-state index contributed by atoms with van der Waals surface area (Å²) in [5, 5.41) is 0. The van der Waals surface area contributed by atoms with Crippen LogP contribution in [-0.2, 0) is 0 Å². The van der Waals surface area contributed by atoms with Gasteiger partial charge in [0.05, 0.1) is 0 Å². The quantitative estimate of drug-likeness (QED) is 0.463. The van der Waals surface area contributed by atoms with E-state index >= 15 is 0 Å². The molecule has 0 bridgehead atoms. The highest BCUT2D eigenvalue weighted by molar-refractivity contribution is 9.09. The van der Waals surface area contributed by atoms with Gasteiger partial charge in [0.2, 0.25) is 0 Å². The van der Waals surface area contributed by atoms with E-state index in [1.165, 1.54) is 48.8 Å². The van der Waals surface area contributed by atoms with Gasteiger partial charge in [0.15, 0.2) is 0 Å². The Morgan fingerprint density at radius 2 is 1.81 bits per heavy atom. The summed E-state index contributed by atoms with van der Waals surface area (Å²) in [6.07, 6.45) is 6.63. The van der Waals surface area contributed by atoms with Crippen molar-refractivity contribution in [2.45, 2.75) is 57.7 Å². The van der Waals surface area contributed by atoms with E-state index in [-0.39, 0.29) is 0 Å². The molecule has 0 N–H and O–H groups in total. The van der Waals surface area contributed by atoms with Gasteiger partial charge in [0.1, 0.15) is 0 Å². The normalized spacial score (nSPS) is 12.8. The second-order valence-corrected chi connectivity index (χ2v) is 5.77. The van der Waals surface area contributed by atoms with Crippen LogP contribution in [0.1, 0.15) is 60.5 Å². The minimum Gasteiger partial charge on any atom is -0.0839 e. The molecule has 1 aromatic rings. The molecule has 0 aromatic heterocycles. The van der Waals surface area contributed by atoms with Crippen molar-refractivity contribution in [2.24, 2.45) is 0 Å². The third kappa shape index (κ3) is 4.29. The summed E-state index contributed by atoms with van der Waals surface area (Å²) in [6, 6.07) is 6.79. The number of benzene rings is 1. The largest absolute Gasteiger partial charge is 0.0839 e. The molecule has 0 aliphatic rings. The van der Waals surface area contributed by atoms with E-state index in [2.05, 4.69) is 54.9 Å². The van der Waals surface area contributed by atoms with Crippen LogP contribution in [0.4, 0.5) is 0 Å². The van der Waals surface area contributed by atoms with Gasteiger partial charge in [0.25, 0.3) is 0 Å². The summed E-state index contributed by atoms with van der Waals surface area (Å²) in [7, 11) is 0. The highest BCUT2D eigenvalue weighted by atomic mass is 79.9. The number of rotatable bonds is 6. The number of halogens is 1. The zero-order chi connectivity index (χ0) is 12.0. The van der Waals surface area contributed by atoms with Crippen molar-refractivity contribution in [3.8, 4) is 0 Å². The molecule has 0 aliphatic carbocycles. The van der Waals surface area contributed by atoms with Crippen molar-refractivity contribution < 1.29 is 0 Å². The second kappa shape index (κ2) is 7.11. The molecule has 0 saturated heterocycles. The van der Waals surface area contributed by atoms with Gasteiger partial charge in [-0.2, -0.15) is 0 Å². The summed E-state index contributed by atoms with van der Waals surface area (Å²) in [4.78, 5) is 0.531. The lowest BCUT2D eigenvalue weighted by molar-refractivity contribution is 0.630. The molecule has 0 aliphatic heterocycles. The molecule has 0 radical (unpaired) electrons. The van der Waals surface area contributed by atoms with Gasteiger partial charge in [-0.25, -0.2) is 0 Å². The van der Waals surface area contributed by atoms with Crippen molar-refractivity contribution in [1.29, 1.82) is 0 Å². The van der Waals surface area contributed by atoms with Crippen molar-refractivity contribution in [3.63, 3.8) is 0 Å². The zero-order valence-corrected chi connectivity index (χ0v) is 12.3. The van der Waals surface area contributed by atoms with Crippen LogP contribution in [0.2, 0.25) is 0 Å². The maximum absolute atomic E-state index is 3.80. The Morgan fingerprint density at radius 3 is 2.44 bits per heavy atom. The molecule has 1 aromatic carbocycles. The average Bonchev–Trinajstić information content (AvgIpc) is 2.28. The lowest BCUT2D eigenvalue weighted by Crippen LogP contribution is -1.92. The van der Waals surface area contributed by atoms with E-state index in [4.69, 9.17) is 0 Å². The summed E-state index contributed by atoms with van der Waals surface area (Å²) >= 11 is 3.80. The average molecular weight is 283 g/mol.